The van der Waals surface area contributed by atoms with Gasteiger partial charge in [0.2, 0.25) is 0 Å². The van der Waals surface area contributed by atoms with Crippen LogP contribution in [0.5, 0.6) is 5.75 Å². The van der Waals surface area contributed by atoms with Crippen molar-refractivity contribution < 1.29 is 27.4 Å². The zero-order valence-corrected chi connectivity index (χ0v) is 21.8. The highest BCUT2D eigenvalue weighted by Gasteiger charge is 2.31. The first-order valence-electron chi connectivity index (χ1n) is 12.9. The fourth-order valence-corrected chi connectivity index (χ4v) is 5.17. The Balaban J connectivity index is 1.24. The Morgan fingerprint density at radius 3 is 2.51 bits per heavy atom. The van der Waals surface area contributed by atoms with Gasteiger partial charge >= 0.3 is 6.36 Å². The Morgan fingerprint density at radius 2 is 1.87 bits per heavy atom. The van der Waals surface area contributed by atoms with E-state index < -0.39 is 6.36 Å². The van der Waals surface area contributed by atoms with Gasteiger partial charge < -0.3 is 14.8 Å². The molecule has 0 radical (unpaired) electrons. The molecule has 8 nitrogen and oxygen atoms in total. The van der Waals surface area contributed by atoms with E-state index in [0.717, 1.165) is 56.8 Å². The molecule has 1 aliphatic heterocycles. The number of aromatic nitrogens is 3. The van der Waals surface area contributed by atoms with Crippen LogP contribution in [0.25, 0.3) is 11.3 Å². The molecule has 2 aliphatic rings. The predicted octanol–water partition coefficient (Wildman–Crippen LogP) is 5.30. The standard InChI is InChI=1S/C28H30F3N5O3/c1-18-15-21(16-32-26(18)20-3-5-22(6-4-20)35-11-13-38-14-12-35)34-27(37)25-17-33-36(19(25)2)23-7-9-24(10-8-23)39-28(29,30)31/h3,7-10,15-17,22H,4-6,11-14H2,1-2H3,(H,34,37). The fraction of sp³-hybridized carbons (Fsp3) is 0.393. The van der Waals surface area contributed by atoms with Crippen LogP contribution in [0.15, 0.2) is 48.8 Å². The van der Waals surface area contributed by atoms with Gasteiger partial charge in [0.25, 0.3) is 5.91 Å². The van der Waals surface area contributed by atoms with Crippen molar-refractivity contribution in [1.29, 1.82) is 0 Å². The minimum Gasteiger partial charge on any atom is -0.406 e. The van der Waals surface area contributed by atoms with Crippen molar-refractivity contribution in [3.8, 4) is 11.4 Å². The van der Waals surface area contributed by atoms with E-state index in [1.807, 2.05) is 13.0 Å². The van der Waals surface area contributed by atoms with Gasteiger partial charge in [0.1, 0.15) is 5.75 Å². The second-order valence-electron chi connectivity index (χ2n) is 9.75. The van der Waals surface area contributed by atoms with E-state index in [4.69, 9.17) is 4.74 Å². The van der Waals surface area contributed by atoms with Gasteiger partial charge in [0.05, 0.1) is 53.9 Å². The average Bonchev–Trinajstić information content (AvgIpc) is 3.30. The smallest absolute Gasteiger partial charge is 0.406 e. The van der Waals surface area contributed by atoms with E-state index in [1.165, 1.54) is 40.7 Å². The number of nitrogens with zero attached hydrogens (tertiary/aromatic N) is 4. The van der Waals surface area contributed by atoms with Gasteiger partial charge in [-0.15, -0.1) is 13.2 Å². The first kappa shape index (κ1) is 26.9. The summed E-state index contributed by atoms with van der Waals surface area (Å²) in [5.41, 5.74) is 5.13. The van der Waals surface area contributed by atoms with E-state index in [2.05, 4.69) is 31.1 Å². The number of carbonyl (C=O) groups is 1. The average molecular weight is 542 g/mol. The number of nitrogens with one attached hydrogen (secondary N) is 1. The number of carbonyl (C=O) groups excluding carboxylic acids is 1. The summed E-state index contributed by atoms with van der Waals surface area (Å²) in [6, 6.07) is 7.74. The number of rotatable bonds is 6. The van der Waals surface area contributed by atoms with Crippen LogP contribution < -0.4 is 10.1 Å². The number of hydrogen-bond acceptors (Lipinski definition) is 6. The SMILES string of the molecule is Cc1cc(NC(=O)c2cnn(-c3ccc(OC(F)(F)F)cc3)c2C)cnc1C1=CCC(N2CCOCC2)CC1. The summed E-state index contributed by atoms with van der Waals surface area (Å²) >= 11 is 0. The van der Waals surface area contributed by atoms with Crippen molar-refractivity contribution in [2.24, 2.45) is 0 Å². The van der Waals surface area contributed by atoms with Crippen LogP contribution in [0.3, 0.4) is 0 Å². The molecule has 0 bridgehead atoms. The normalized spacial score (nSPS) is 18.5. The van der Waals surface area contributed by atoms with Crippen LogP contribution in [0.2, 0.25) is 0 Å². The summed E-state index contributed by atoms with van der Waals surface area (Å²) in [6.45, 7) is 7.28. The predicted molar refractivity (Wildman–Crippen MR) is 140 cm³/mol. The Hall–Kier alpha value is -3.70. The molecule has 2 aromatic heterocycles. The molecular weight excluding hydrogens is 511 g/mol. The van der Waals surface area contributed by atoms with Crippen LogP contribution in [0.1, 0.15) is 46.6 Å². The van der Waals surface area contributed by atoms with Crippen LogP contribution in [0, 0.1) is 13.8 Å². The molecule has 1 saturated heterocycles. The summed E-state index contributed by atoms with van der Waals surface area (Å²) in [4.78, 5) is 20.2. The number of morpholine rings is 1. The van der Waals surface area contributed by atoms with Crippen LogP contribution in [-0.2, 0) is 4.74 Å². The number of alkyl halides is 3. The Morgan fingerprint density at radius 1 is 1.13 bits per heavy atom. The van der Waals surface area contributed by atoms with E-state index in [1.54, 1.807) is 13.1 Å². The molecule has 1 amide bonds. The van der Waals surface area contributed by atoms with E-state index in [-0.39, 0.29) is 11.7 Å². The minimum absolute atomic E-state index is 0.332. The Labute approximate surface area is 224 Å². The summed E-state index contributed by atoms with van der Waals surface area (Å²) in [6.07, 6.45) is 3.66. The molecule has 5 rings (SSSR count). The Bertz CT molecular complexity index is 1360. The van der Waals surface area contributed by atoms with Crippen LogP contribution in [0.4, 0.5) is 18.9 Å². The second kappa shape index (κ2) is 11.2. The van der Waals surface area contributed by atoms with Crippen molar-refractivity contribution in [3.63, 3.8) is 0 Å². The maximum absolute atomic E-state index is 13.0. The third-order valence-corrected chi connectivity index (χ3v) is 7.15. The number of ether oxygens (including phenoxy) is 2. The van der Waals surface area contributed by atoms with Gasteiger partial charge in [-0.05, 0) is 74.6 Å². The Kier molecular flexibility index (Phi) is 7.72. The maximum Gasteiger partial charge on any atom is 0.573 e. The molecule has 39 heavy (non-hydrogen) atoms. The highest BCUT2D eigenvalue weighted by Crippen LogP contribution is 2.31. The lowest BCUT2D eigenvalue weighted by Crippen LogP contribution is -2.43. The van der Waals surface area contributed by atoms with E-state index in [9.17, 15) is 18.0 Å². The molecular formula is C28H30F3N5O3. The molecule has 206 valence electrons. The number of anilines is 1. The summed E-state index contributed by atoms with van der Waals surface area (Å²) in [5.74, 6) is -0.684. The third-order valence-electron chi connectivity index (χ3n) is 7.15. The highest BCUT2D eigenvalue weighted by molar-refractivity contribution is 6.05. The van der Waals surface area contributed by atoms with Crippen molar-refractivity contribution >= 4 is 17.2 Å². The molecule has 0 spiro atoms. The lowest BCUT2D eigenvalue weighted by molar-refractivity contribution is -0.274. The molecule has 1 fully saturated rings. The lowest BCUT2D eigenvalue weighted by Gasteiger charge is -2.36. The van der Waals surface area contributed by atoms with Crippen LogP contribution >= 0.6 is 0 Å². The summed E-state index contributed by atoms with van der Waals surface area (Å²) in [5, 5.41) is 7.13. The lowest BCUT2D eigenvalue weighted by atomic mass is 9.90. The van der Waals surface area contributed by atoms with Crippen molar-refractivity contribution in [2.45, 2.75) is 45.5 Å². The molecule has 0 saturated carbocycles. The summed E-state index contributed by atoms with van der Waals surface area (Å²) < 4.78 is 48.1. The van der Waals surface area contributed by atoms with Gasteiger partial charge in [0, 0.05) is 19.1 Å². The minimum atomic E-state index is -4.76. The number of allylic oxidation sites excluding steroid dienone is 1. The molecule has 1 aliphatic carbocycles. The first-order chi connectivity index (χ1) is 18.7. The van der Waals surface area contributed by atoms with Crippen molar-refractivity contribution in [1.82, 2.24) is 19.7 Å². The van der Waals surface area contributed by atoms with Gasteiger partial charge in [-0.25, -0.2) is 4.68 Å². The largest absolute Gasteiger partial charge is 0.573 e. The second-order valence-corrected chi connectivity index (χ2v) is 9.75. The zero-order valence-electron chi connectivity index (χ0n) is 21.8. The van der Waals surface area contributed by atoms with Gasteiger partial charge in [-0.1, -0.05) is 6.08 Å². The number of benzene rings is 1. The number of aryl methyl sites for hydroxylation is 1. The zero-order chi connectivity index (χ0) is 27.6. The van der Waals surface area contributed by atoms with E-state index >= 15 is 0 Å². The highest BCUT2D eigenvalue weighted by atomic mass is 19.4. The molecule has 1 N–H and O–H groups in total. The summed E-state index contributed by atoms with van der Waals surface area (Å²) in [7, 11) is 0. The monoisotopic (exact) mass is 541 g/mol. The number of amides is 1. The molecule has 11 heteroatoms. The van der Waals surface area contributed by atoms with Gasteiger partial charge in [-0.2, -0.15) is 5.10 Å². The van der Waals surface area contributed by atoms with Crippen LogP contribution in [-0.4, -0.2) is 64.3 Å². The molecule has 3 aromatic rings. The number of pyridine rings is 1. The molecule has 1 atom stereocenters. The molecule has 3 heterocycles. The number of halogens is 3. The topological polar surface area (TPSA) is 81.5 Å². The quantitative estimate of drug-likeness (QED) is 0.456. The third kappa shape index (κ3) is 6.31. The van der Waals surface area contributed by atoms with Gasteiger partial charge in [0.15, 0.2) is 0 Å². The van der Waals surface area contributed by atoms with Gasteiger partial charge in [-0.3, -0.25) is 14.7 Å². The molecule has 1 unspecified atom stereocenters. The number of hydrogen-bond donors (Lipinski definition) is 1. The maximum atomic E-state index is 13.0. The molecule has 1 aromatic carbocycles. The van der Waals surface area contributed by atoms with E-state index in [0.29, 0.717) is 28.7 Å². The van der Waals surface area contributed by atoms with Crippen molar-refractivity contribution in [3.05, 3.63) is 71.3 Å². The first-order valence-corrected chi connectivity index (χ1v) is 12.9. The fourth-order valence-electron chi connectivity index (χ4n) is 5.17. The van der Waals surface area contributed by atoms with Crippen molar-refractivity contribution in [2.75, 3.05) is 31.6 Å².